The number of nitro benzene ring substituents is 1. The van der Waals surface area contributed by atoms with Crippen LogP contribution < -0.4 is 19.1 Å². The molecule has 2 amide bonds. The summed E-state index contributed by atoms with van der Waals surface area (Å²) >= 11 is 11.8. The topological polar surface area (TPSA) is 108 Å². The first-order valence-corrected chi connectivity index (χ1v) is 15.1. The van der Waals surface area contributed by atoms with Gasteiger partial charge in [-0.1, -0.05) is 29.1 Å². The molecule has 0 spiro atoms. The summed E-state index contributed by atoms with van der Waals surface area (Å²) in [5, 5.41) is 10.7. The van der Waals surface area contributed by atoms with Crippen molar-refractivity contribution in [1.29, 1.82) is 0 Å². The van der Waals surface area contributed by atoms with Gasteiger partial charge in [0.15, 0.2) is 6.10 Å². The molecule has 0 saturated heterocycles. The Hall–Kier alpha value is -4.80. The highest BCUT2D eigenvalue weighted by atomic mass is 35.5. The van der Waals surface area contributed by atoms with E-state index in [-0.39, 0.29) is 51.0 Å². The molecule has 1 aliphatic carbocycles. The number of terminal acetylenes is 1. The van der Waals surface area contributed by atoms with Crippen molar-refractivity contribution in [1.82, 2.24) is 0 Å². The number of hydrogen-bond acceptors (Lipinski definition) is 7. The van der Waals surface area contributed by atoms with E-state index in [2.05, 4.69) is 5.92 Å². The molecule has 3 aromatic carbocycles. The van der Waals surface area contributed by atoms with E-state index < -0.39 is 40.4 Å². The van der Waals surface area contributed by atoms with E-state index in [0.29, 0.717) is 24.0 Å². The average molecular weight is 709 g/mol. The lowest BCUT2D eigenvalue weighted by Crippen LogP contribution is -2.32. The molecule has 0 fully saturated rings. The Morgan fingerprint density at radius 2 is 1.60 bits per heavy atom. The van der Waals surface area contributed by atoms with E-state index in [9.17, 15) is 37.3 Å². The fourth-order valence-electron chi connectivity index (χ4n) is 4.83. The van der Waals surface area contributed by atoms with E-state index in [0.717, 1.165) is 42.0 Å². The molecule has 0 aromatic heterocycles. The summed E-state index contributed by atoms with van der Waals surface area (Å²) in [5.41, 5.74) is -0.343. The number of benzene rings is 3. The first-order chi connectivity index (χ1) is 22.7. The second-order valence-corrected chi connectivity index (χ2v) is 11.1. The zero-order chi connectivity index (χ0) is 35.3. The first-order valence-electron chi connectivity index (χ1n) is 14.3. The number of carbonyl (C=O) groups excluding carboxylic acids is 2. The summed E-state index contributed by atoms with van der Waals surface area (Å²) < 4.78 is 68.2. The van der Waals surface area contributed by atoms with E-state index in [1.54, 1.807) is 13.8 Å². The van der Waals surface area contributed by atoms with E-state index in [1.807, 2.05) is 0 Å². The highest BCUT2D eigenvalue weighted by Crippen LogP contribution is 2.41. The molecular formula is C33H26Cl2F4N2O7. The number of rotatable bonds is 8. The molecule has 3 aromatic rings. The van der Waals surface area contributed by atoms with Crippen molar-refractivity contribution >= 4 is 46.4 Å². The van der Waals surface area contributed by atoms with Crippen LogP contribution in [0.3, 0.4) is 0 Å². The van der Waals surface area contributed by atoms with Gasteiger partial charge in [-0.2, -0.15) is 13.2 Å². The van der Waals surface area contributed by atoms with Crippen LogP contribution in [0.15, 0.2) is 59.7 Å². The lowest BCUT2D eigenvalue weighted by Gasteiger charge is -2.19. The smallest absolute Gasteiger partial charge is 0.416 e. The van der Waals surface area contributed by atoms with Gasteiger partial charge in [-0.25, -0.2) is 9.29 Å². The molecule has 0 bridgehead atoms. The van der Waals surface area contributed by atoms with Crippen LogP contribution in [0.25, 0.3) is 0 Å². The predicted molar refractivity (Wildman–Crippen MR) is 169 cm³/mol. The van der Waals surface area contributed by atoms with Gasteiger partial charge in [0.2, 0.25) is 5.75 Å². The molecule has 1 aliphatic heterocycles. The number of anilines is 1. The summed E-state index contributed by atoms with van der Waals surface area (Å²) in [6.07, 6.45) is 2.95. The number of hydrogen-bond donors (Lipinski definition) is 0. The lowest BCUT2D eigenvalue weighted by atomic mass is 9.93. The number of nitrogens with zero attached hydrogens (tertiary/aromatic N) is 2. The van der Waals surface area contributed by atoms with Gasteiger partial charge in [0.1, 0.15) is 23.1 Å². The minimum Gasteiger partial charge on any atom is -0.487 e. The van der Waals surface area contributed by atoms with Crippen LogP contribution in [0.5, 0.6) is 23.0 Å². The van der Waals surface area contributed by atoms with Gasteiger partial charge in [0.05, 0.1) is 32.8 Å². The molecular weight excluding hydrogens is 683 g/mol. The third-order valence-electron chi connectivity index (χ3n) is 7.09. The quantitative estimate of drug-likeness (QED) is 0.0755. The molecule has 1 unspecified atom stereocenters. The van der Waals surface area contributed by atoms with Crippen molar-refractivity contribution in [2.45, 2.75) is 51.8 Å². The Bertz CT molecular complexity index is 1810. The number of halogens is 6. The van der Waals surface area contributed by atoms with Gasteiger partial charge < -0.3 is 14.2 Å². The molecule has 48 heavy (non-hydrogen) atoms. The van der Waals surface area contributed by atoms with Crippen LogP contribution in [0, 0.1) is 28.3 Å². The number of amides is 2. The van der Waals surface area contributed by atoms with Crippen LogP contribution in [0.2, 0.25) is 10.0 Å². The summed E-state index contributed by atoms with van der Waals surface area (Å²) in [6.45, 7) is 3.49. The maximum absolute atomic E-state index is 14.4. The zero-order valence-electron chi connectivity index (χ0n) is 25.3. The predicted octanol–water partition coefficient (Wildman–Crippen LogP) is 9.08. The molecule has 252 valence electrons. The van der Waals surface area contributed by atoms with Gasteiger partial charge in [-0.15, -0.1) is 6.42 Å². The van der Waals surface area contributed by atoms with Crippen LogP contribution >= 0.6 is 23.2 Å². The summed E-state index contributed by atoms with van der Waals surface area (Å²) in [4.78, 5) is 36.3. The molecule has 5 rings (SSSR count). The number of alkyl halides is 3. The highest BCUT2D eigenvalue weighted by molar-refractivity contribution is 6.34. The number of nitro groups is 1. The maximum Gasteiger partial charge on any atom is 0.416 e. The Kier molecular flexibility index (Phi) is 11.2. The van der Waals surface area contributed by atoms with E-state index >= 15 is 0 Å². The molecule has 15 heteroatoms. The first kappa shape index (κ1) is 36.0. The molecule has 1 atom stereocenters. The van der Waals surface area contributed by atoms with Crippen LogP contribution in [0.4, 0.5) is 28.9 Å². The van der Waals surface area contributed by atoms with E-state index in [4.69, 9.17) is 43.8 Å². The molecule has 0 saturated carbocycles. The molecule has 9 nitrogen and oxygen atoms in total. The Morgan fingerprint density at radius 1 is 0.979 bits per heavy atom. The van der Waals surface area contributed by atoms with Crippen LogP contribution in [-0.2, 0) is 15.8 Å². The number of ether oxygens (including phenoxy) is 3. The maximum atomic E-state index is 14.4. The van der Waals surface area contributed by atoms with Gasteiger partial charge in [0.25, 0.3) is 11.8 Å². The molecule has 0 N–H and O–H groups in total. The van der Waals surface area contributed by atoms with Crippen molar-refractivity contribution in [2.75, 3.05) is 11.5 Å². The van der Waals surface area contributed by atoms with Gasteiger partial charge >= 0.3 is 11.9 Å². The minimum absolute atomic E-state index is 0.0111. The fraction of sp³-hybridized carbons (Fsp3) is 0.273. The Morgan fingerprint density at radius 3 is 2.15 bits per heavy atom. The van der Waals surface area contributed by atoms with Crippen molar-refractivity contribution < 1.29 is 46.3 Å². The summed E-state index contributed by atoms with van der Waals surface area (Å²) in [6, 6.07) is 8.67. The lowest BCUT2D eigenvalue weighted by molar-refractivity contribution is -0.385. The monoisotopic (exact) mass is 708 g/mol. The van der Waals surface area contributed by atoms with E-state index in [1.165, 1.54) is 24.3 Å². The third kappa shape index (κ3) is 8.00. The van der Waals surface area contributed by atoms with Crippen molar-refractivity contribution in [2.24, 2.45) is 0 Å². The van der Waals surface area contributed by atoms with Crippen molar-refractivity contribution in [3.63, 3.8) is 0 Å². The minimum atomic E-state index is -4.52. The number of carbonyl (C=O) groups is 2. The SMILES string of the molecule is C#CC(C)Oc1cc(N2C(=O)C3=C(CCCC3)C2=O)c(F)cc1Cl.CCOc1cc(Oc2ccc(C(F)(F)F)cc2Cl)ccc1[N+](=O)[O-]. The second kappa shape index (κ2) is 15.0. The standard InChI is InChI=1S/C18H15ClFNO3.C15H11ClF3NO4/c1-3-10(2)24-16-9-15(14(20)8-13(16)19)21-17(22)11-6-4-5-7-12(11)18(21)23;1-2-23-14-8-10(4-5-12(14)20(21)22)24-13-6-3-9(7-11(13)16)15(17,18)19/h1,8-10H,4-7H2,2H3;3-8H,2H2,1H3. The molecule has 2 aliphatic rings. The van der Waals surface area contributed by atoms with Gasteiger partial charge in [-0.05, 0) is 69.9 Å². The van der Waals surface area contributed by atoms with Gasteiger partial charge in [0, 0.05) is 29.3 Å². The Labute approximate surface area is 282 Å². The van der Waals surface area contributed by atoms with Crippen LogP contribution in [0.1, 0.15) is 45.1 Å². The summed E-state index contributed by atoms with van der Waals surface area (Å²) in [5.74, 6) is 0.927. The van der Waals surface area contributed by atoms with Crippen molar-refractivity contribution in [3.8, 4) is 35.3 Å². The average Bonchev–Trinajstić information content (AvgIpc) is 3.28. The van der Waals surface area contributed by atoms with Crippen LogP contribution in [-0.4, -0.2) is 29.4 Å². The highest BCUT2D eigenvalue weighted by Gasteiger charge is 2.41. The molecule has 0 radical (unpaired) electrons. The molecule has 1 heterocycles. The van der Waals surface area contributed by atoms with Gasteiger partial charge in [-0.3, -0.25) is 19.7 Å². The Balaban J connectivity index is 0.000000217. The fourth-order valence-corrected chi connectivity index (χ4v) is 5.24. The summed E-state index contributed by atoms with van der Waals surface area (Å²) in [7, 11) is 0. The number of imide groups is 1. The largest absolute Gasteiger partial charge is 0.487 e. The zero-order valence-corrected chi connectivity index (χ0v) is 26.8. The van der Waals surface area contributed by atoms with Crippen molar-refractivity contribution in [3.05, 3.63) is 91.2 Å². The third-order valence-corrected chi connectivity index (χ3v) is 7.68. The second-order valence-electron chi connectivity index (χ2n) is 10.3. The normalized spacial score (nSPS) is 14.9.